The maximum absolute atomic E-state index is 4.87. The molecule has 4 aromatic rings. The Hall–Kier alpha value is -2.62. The van der Waals surface area contributed by atoms with Gasteiger partial charge in [-0.05, 0) is 81.5 Å². The first-order valence-corrected chi connectivity index (χ1v) is 8.30. The molecule has 2 heterocycles. The van der Waals surface area contributed by atoms with Crippen LogP contribution in [-0.4, -0.2) is 19.9 Å². The van der Waals surface area contributed by atoms with Crippen LogP contribution < -0.4 is 0 Å². The van der Waals surface area contributed by atoms with Crippen LogP contribution in [0.1, 0.15) is 33.6 Å². The summed E-state index contributed by atoms with van der Waals surface area (Å²) in [5.74, 6) is 1.87. The monoisotopic (exact) mass is 318 g/mol. The second-order valence-electron chi connectivity index (χ2n) is 6.79. The van der Waals surface area contributed by atoms with Crippen LogP contribution in [0.15, 0.2) is 12.1 Å². The van der Waals surface area contributed by atoms with Crippen LogP contribution in [0.2, 0.25) is 0 Å². The maximum atomic E-state index is 4.87. The van der Waals surface area contributed by atoms with Crippen LogP contribution >= 0.6 is 0 Å². The fourth-order valence-corrected chi connectivity index (χ4v) is 3.62. The van der Waals surface area contributed by atoms with Crippen LogP contribution in [0.5, 0.6) is 0 Å². The van der Waals surface area contributed by atoms with Crippen LogP contribution in [0.4, 0.5) is 0 Å². The number of aryl methyl sites for hydroxylation is 1. The van der Waals surface area contributed by atoms with Crippen molar-refractivity contribution >= 4 is 22.1 Å². The number of nitrogens with zero attached hydrogens (tertiary/aromatic N) is 2. The Morgan fingerprint density at radius 2 is 1.17 bits per heavy atom. The standard InChI is InChI=1S/C20H22N4/c1-9-10(2)12(4)19(13(5)11(9)3)20-23-17-7-15-16(8-18(17)24-20)22-14(6)21-15/h7-8H,1-6H3,(H,21,22)(H,23,24). The molecular formula is C20H22N4. The Morgan fingerprint density at radius 3 is 1.83 bits per heavy atom. The molecule has 122 valence electrons. The molecule has 0 saturated heterocycles. The third kappa shape index (κ3) is 1.99. The van der Waals surface area contributed by atoms with Gasteiger partial charge < -0.3 is 9.97 Å². The fraction of sp³-hybridized carbons (Fsp3) is 0.300. The molecule has 0 unspecified atom stereocenters. The van der Waals surface area contributed by atoms with E-state index in [9.17, 15) is 0 Å². The minimum Gasteiger partial charge on any atom is -0.342 e. The van der Waals surface area contributed by atoms with Crippen molar-refractivity contribution in [2.45, 2.75) is 41.5 Å². The van der Waals surface area contributed by atoms with Crippen molar-refractivity contribution < 1.29 is 0 Å². The van der Waals surface area contributed by atoms with E-state index in [2.05, 4.69) is 55.6 Å². The summed E-state index contributed by atoms with van der Waals surface area (Å²) in [4.78, 5) is 16.2. The molecule has 4 heteroatoms. The van der Waals surface area contributed by atoms with Crippen molar-refractivity contribution in [3.63, 3.8) is 0 Å². The molecule has 0 bridgehead atoms. The largest absolute Gasteiger partial charge is 0.342 e. The van der Waals surface area contributed by atoms with E-state index >= 15 is 0 Å². The topological polar surface area (TPSA) is 57.4 Å². The van der Waals surface area contributed by atoms with Gasteiger partial charge in [-0.3, -0.25) is 0 Å². The SMILES string of the molecule is Cc1nc2cc3nc(-c4c(C)c(C)c(C)c(C)c4C)[nH]c3cc2[nH]1. The Bertz CT molecular complexity index is 1030. The predicted molar refractivity (Wildman–Crippen MR) is 99.6 cm³/mol. The second kappa shape index (κ2) is 4.94. The number of aromatic amines is 2. The zero-order valence-corrected chi connectivity index (χ0v) is 15.0. The lowest BCUT2D eigenvalue weighted by Crippen LogP contribution is -2.00. The van der Waals surface area contributed by atoms with Crippen molar-refractivity contribution in [2.24, 2.45) is 0 Å². The summed E-state index contributed by atoms with van der Waals surface area (Å²) in [5.41, 5.74) is 11.9. The van der Waals surface area contributed by atoms with E-state index < -0.39 is 0 Å². The van der Waals surface area contributed by atoms with Crippen molar-refractivity contribution in [1.29, 1.82) is 0 Å². The van der Waals surface area contributed by atoms with Crippen molar-refractivity contribution in [1.82, 2.24) is 19.9 Å². The molecule has 0 saturated carbocycles. The molecule has 0 aliphatic heterocycles. The molecule has 0 fully saturated rings. The lowest BCUT2D eigenvalue weighted by Gasteiger charge is -2.17. The minimum absolute atomic E-state index is 0.925. The number of rotatable bonds is 1. The Balaban J connectivity index is 2.00. The van der Waals surface area contributed by atoms with Crippen LogP contribution in [-0.2, 0) is 0 Å². The molecule has 0 aliphatic rings. The molecule has 0 aliphatic carbocycles. The van der Waals surface area contributed by atoms with E-state index in [-0.39, 0.29) is 0 Å². The van der Waals surface area contributed by atoms with E-state index in [1.807, 2.05) is 13.0 Å². The first kappa shape index (κ1) is 14.9. The van der Waals surface area contributed by atoms with Gasteiger partial charge in [0.1, 0.15) is 11.6 Å². The summed E-state index contributed by atoms with van der Waals surface area (Å²) in [5, 5.41) is 0. The predicted octanol–water partition coefficient (Wildman–Crippen LogP) is 4.96. The Morgan fingerprint density at radius 1 is 0.625 bits per heavy atom. The third-order valence-corrected chi connectivity index (χ3v) is 5.44. The van der Waals surface area contributed by atoms with Gasteiger partial charge >= 0.3 is 0 Å². The minimum atomic E-state index is 0.925. The summed E-state index contributed by atoms with van der Waals surface area (Å²) in [7, 11) is 0. The van der Waals surface area contributed by atoms with E-state index in [4.69, 9.17) is 4.98 Å². The summed E-state index contributed by atoms with van der Waals surface area (Å²) in [6.45, 7) is 12.9. The van der Waals surface area contributed by atoms with Crippen molar-refractivity contribution in [3.8, 4) is 11.4 Å². The normalized spacial score (nSPS) is 11.8. The molecule has 24 heavy (non-hydrogen) atoms. The number of H-pyrrole nitrogens is 2. The number of fused-ring (bicyclic) bond motifs is 2. The number of aromatic nitrogens is 4. The molecule has 2 N–H and O–H groups in total. The maximum Gasteiger partial charge on any atom is 0.139 e. The van der Waals surface area contributed by atoms with Gasteiger partial charge in [0.2, 0.25) is 0 Å². The van der Waals surface area contributed by atoms with Gasteiger partial charge in [-0.2, -0.15) is 0 Å². The summed E-state index contributed by atoms with van der Waals surface area (Å²) < 4.78 is 0. The smallest absolute Gasteiger partial charge is 0.139 e. The molecule has 4 nitrogen and oxygen atoms in total. The molecule has 0 amide bonds. The van der Waals surface area contributed by atoms with Gasteiger partial charge in [0.15, 0.2) is 0 Å². The van der Waals surface area contributed by atoms with Crippen LogP contribution in [0.25, 0.3) is 33.5 Å². The Labute approximate surface area is 141 Å². The molecule has 0 atom stereocenters. The van der Waals surface area contributed by atoms with Gasteiger partial charge in [-0.25, -0.2) is 9.97 Å². The molecule has 0 radical (unpaired) electrons. The number of benzene rings is 2. The number of imidazole rings is 2. The highest BCUT2D eigenvalue weighted by Crippen LogP contribution is 2.34. The molecule has 2 aromatic carbocycles. The number of hydrogen-bond donors (Lipinski definition) is 2. The van der Waals surface area contributed by atoms with Gasteiger partial charge in [-0.15, -0.1) is 0 Å². The van der Waals surface area contributed by atoms with Crippen molar-refractivity contribution in [3.05, 3.63) is 45.8 Å². The molecular weight excluding hydrogens is 296 g/mol. The van der Waals surface area contributed by atoms with Gasteiger partial charge in [0.25, 0.3) is 0 Å². The lowest BCUT2D eigenvalue weighted by molar-refractivity contribution is 1.16. The highest BCUT2D eigenvalue weighted by Gasteiger charge is 2.17. The van der Waals surface area contributed by atoms with Gasteiger partial charge in [0, 0.05) is 5.56 Å². The van der Waals surface area contributed by atoms with E-state index in [0.29, 0.717) is 0 Å². The molecule has 2 aromatic heterocycles. The summed E-state index contributed by atoms with van der Waals surface area (Å²) in [6.07, 6.45) is 0. The average Bonchev–Trinajstić information content (AvgIpc) is 3.09. The van der Waals surface area contributed by atoms with Gasteiger partial charge in [-0.1, -0.05) is 0 Å². The van der Waals surface area contributed by atoms with E-state index in [1.54, 1.807) is 0 Å². The molecule has 4 rings (SSSR count). The highest BCUT2D eigenvalue weighted by molar-refractivity contribution is 5.93. The van der Waals surface area contributed by atoms with Crippen LogP contribution in [0, 0.1) is 41.5 Å². The number of hydrogen-bond acceptors (Lipinski definition) is 2. The summed E-state index contributed by atoms with van der Waals surface area (Å²) >= 11 is 0. The van der Waals surface area contributed by atoms with E-state index in [1.165, 1.54) is 33.4 Å². The lowest BCUT2D eigenvalue weighted by atomic mass is 9.89. The van der Waals surface area contributed by atoms with E-state index in [0.717, 1.165) is 33.7 Å². The highest BCUT2D eigenvalue weighted by atomic mass is 14.9. The zero-order chi connectivity index (χ0) is 17.2. The third-order valence-electron chi connectivity index (χ3n) is 5.44. The van der Waals surface area contributed by atoms with Crippen molar-refractivity contribution in [2.75, 3.05) is 0 Å². The zero-order valence-electron chi connectivity index (χ0n) is 15.0. The Kier molecular flexibility index (Phi) is 3.07. The summed E-state index contributed by atoms with van der Waals surface area (Å²) in [6, 6.07) is 4.15. The quantitative estimate of drug-likeness (QED) is 0.521. The number of nitrogens with one attached hydrogen (secondary N) is 2. The first-order valence-electron chi connectivity index (χ1n) is 8.30. The molecule has 0 spiro atoms. The first-order chi connectivity index (χ1) is 11.4. The van der Waals surface area contributed by atoms with Gasteiger partial charge in [0.05, 0.1) is 22.1 Å². The average molecular weight is 318 g/mol. The van der Waals surface area contributed by atoms with Crippen LogP contribution in [0.3, 0.4) is 0 Å². The fourth-order valence-electron chi connectivity index (χ4n) is 3.62. The second-order valence-corrected chi connectivity index (χ2v) is 6.79.